The summed E-state index contributed by atoms with van der Waals surface area (Å²) >= 11 is 12.5. The molecule has 246 valence electrons. The summed E-state index contributed by atoms with van der Waals surface area (Å²) in [5.41, 5.74) is -2.86. The first-order valence-corrected chi connectivity index (χ1v) is 14.1. The van der Waals surface area contributed by atoms with Gasteiger partial charge in [0, 0.05) is 23.8 Å². The third-order valence-corrected chi connectivity index (χ3v) is 7.79. The highest BCUT2D eigenvalue weighted by atomic mass is 35.5. The van der Waals surface area contributed by atoms with Crippen LogP contribution in [-0.4, -0.2) is 43.4 Å². The minimum Gasteiger partial charge on any atom is -0.487 e. The highest BCUT2D eigenvalue weighted by Gasteiger charge is 2.52. The van der Waals surface area contributed by atoms with Crippen molar-refractivity contribution >= 4 is 46.6 Å². The van der Waals surface area contributed by atoms with Crippen LogP contribution in [0.5, 0.6) is 5.75 Å². The fourth-order valence-corrected chi connectivity index (χ4v) is 4.74. The van der Waals surface area contributed by atoms with Crippen LogP contribution in [0, 0.1) is 11.3 Å². The van der Waals surface area contributed by atoms with Gasteiger partial charge in [-0.25, -0.2) is 17.6 Å². The molecule has 3 amide bonds. The molecule has 1 aliphatic carbocycles. The van der Waals surface area contributed by atoms with Crippen molar-refractivity contribution in [1.29, 1.82) is 0 Å². The molecule has 0 heterocycles. The number of rotatable bonds is 11. The van der Waals surface area contributed by atoms with Crippen molar-refractivity contribution in [2.75, 3.05) is 11.9 Å². The number of carbonyl (C=O) groups is 3. The Labute approximate surface area is 263 Å². The van der Waals surface area contributed by atoms with E-state index >= 15 is 0 Å². The SMILES string of the molecule is CC(C)(C(=O)NCc1ccc(Cl)c(C(=O)Nc2ccc(OCC(F)F)c(C(=O)NC3=CCC(C(F)F)CC3)c2)c1Cl)C(F)(F)F. The van der Waals surface area contributed by atoms with Gasteiger partial charge in [0.25, 0.3) is 18.2 Å². The van der Waals surface area contributed by atoms with Gasteiger partial charge in [0.05, 0.1) is 21.2 Å². The van der Waals surface area contributed by atoms with Crippen LogP contribution in [0.1, 0.15) is 59.4 Å². The highest BCUT2D eigenvalue weighted by Crippen LogP contribution is 2.38. The number of carbonyl (C=O) groups excluding carboxylic acids is 3. The van der Waals surface area contributed by atoms with Gasteiger partial charge in [-0.2, -0.15) is 13.2 Å². The number of amides is 3. The third kappa shape index (κ3) is 9.03. The largest absolute Gasteiger partial charge is 0.487 e. The van der Waals surface area contributed by atoms with Crippen LogP contribution in [0.3, 0.4) is 0 Å². The average Bonchev–Trinajstić information content (AvgIpc) is 2.95. The Morgan fingerprint density at radius 3 is 2.27 bits per heavy atom. The molecule has 45 heavy (non-hydrogen) atoms. The second kappa shape index (κ2) is 14.7. The zero-order valence-electron chi connectivity index (χ0n) is 23.8. The first kappa shape index (κ1) is 36.0. The maximum Gasteiger partial charge on any atom is 0.402 e. The molecule has 3 N–H and O–H groups in total. The Morgan fingerprint density at radius 1 is 1.00 bits per heavy atom. The summed E-state index contributed by atoms with van der Waals surface area (Å²) in [5.74, 6) is -4.15. The Kier molecular flexibility index (Phi) is 11.8. The number of allylic oxidation sites excluding steroid dienone is 2. The van der Waals surface area contributed by atoms with Crippen molar-refractivity contribution < 1.29 is 49.9 Å². The fraction of sp³-hybridized carbons (Fsp3) is 0.414. The molecule has 0 radical (unpaired) electrons. The number of halogens is 9. The minimum atomic E-state index is -4.83. The third-order valence-electron chi connectivity index (χ3n) is 7.04. The molecule has 0 saturated carbocycles. The quantitative estimate of drug-likeness (QED) is 0.211. The molecule has 0 aromatic heterocycles. The van der Waals surface area contributed by atoms with Crippen molar-refractivity contribution in [3.8, 4) is 5.75 Å². The van der Waals surface area contributed by atoms with Gasteiger partial charge in [0.1, 0.15) is 17.8 Å². The van der Waals surface area contributed by atoms with Crippen molar-refractivity contribution in [3.63, 3.8) is 0 Å². The minimum absolute atomic E-state index is 0.0253. The molecular weight excluding hydrogens is 658 g/mol. The number of alkyl halides is 7. The molecule has 1 aliphatic rings. The van der Waals surface area contributed by atoms with E-state index in [9.17, 15) is 45.1 Å². The van der Waals surface area contributed by atoms with E-state index in [0.29, 0.717) is 19.5 Å². The first-order chi connectivity index (χ1) is 20.9. The van der Waals surface area contributed by atoms with E-state index in [1.165, 1.54) is 24.3 Å². The van der Waals surface area contributed by atoms with Gasteiger partial charge >= 0.3 is 6.18 Å². The van der Waals surface area contributed by atoms with Crippen LogP contribution in [0.15, 0.2) is 42.1 Å². The van der Waals surface area contributed by atoms with Crippen LogP contribution in [0.2, 0.25) is 10.0 Å². The van der Waals surface area contributed by atoms with Crippen LogP contribution in [-0.2, 0) is 11.3 Å². The summed E-state index contributed by atoms with van der Waals surface area (Å²) in [6.45, 7) is -0.0991. The number of benzene rings is 2. The summed E-state index contributed by atoms with van der Waals surface area (Å²) in [6, 6.07) is 6.09. The Morgan fingerprint density at radius 2 is 1.69 bits per heavy atom. The van der Waals surface area contributed by atoms with Crippen molar-refractivity contribution in [2.24, 2.45) is 11.3 Å². The summed E-state index contributed by atoms with van der Waals surface area (Å²) in [4.78, 5) is 38.5. The van der Waals surface area contributed by atoms with E-state index in [1.807, 2.05) is 0 Å². The van der Waals surface area contributed by atoms with Crippen molar-refractivity contribution in [1.82, 2.24) is 10.6 Å². The summed E-state index contributed by atoms with van der Waals surface area (Å²) in [6.07, 6.45) is -8.46. The van der Waals surface area contributed by atoms with Gasteiger partial charge in [-0.05, 0) is 62.9 Å². The monoisotopic (exact) mass is 685 g/mol. The average molecular weight is 686 g/mol. The fourth-order valence-electron chi connectivity index (χ4n) is 4.13. The molecule has 2 aromatic carbocycles. The number of hydrogen-bond acceptors (Lipinski definition) is 4. The molecule has 0 spiro atoms. The first-order valence-electron chi connectivity index (χ1n) is 13.4. The zero-order chi connectivity index (χ0) is 33.7. The van der Waals surface area contributed by atoms with Gasteiger partial charge in [-0.3, -0.25) is 14.4 Å². The van der Waals surface area contributed by atoms with Crippen molar-refractivity contribution in [3.05, 3.63) is 68.8 Å². The molecule has 1 unspecified atom stereocenters. The number of hydrogen-bond donors (Lipinski definition) is 3. The Balaban J connectivity index is 1.83. The topological polar surface area (TPSA) is 96.5 Å². The molecule has 16 heteroatoms. The highest BCUT2D eigenvalue weighted by molar-refractivity contribution is 6.40. The summed E-state index contributed by atoms with van der Waals surface area (Å²) < 4.78 is 96.3. The predicted molar refractivity (Wildman–Crippen MR) is 153 cm³/mol. The molecule has 1 atom stereocenters. The van der Waals surface area contributed by atoms with E-state index in [-0.39, 0.29) is 57.4 Å². The number of anilines is 1. The van der Waals surface area contributed by atoms with E-state index in [2.05, 4.69) is 16.0 Å². The smallest absolute Gasteiger partial charge is 0.402 e. The maximum absolute atomic E-state index is 13.2. The normalized spacial score (nSPS) is 15.5. The van der Waals surface area contributed by atoms with Crippen LogP contribution in [0.4, 0.5) is 36.4 Å². The van der Waals surface area contributed by atoms with Gasteiger partial charge in [0.15, 0.2) is 0 Å². The molecule has 0 bridgehead atoms. The van der Waals surface area contributed by atoms with E-state index in [0.717, 1.165) is 12.1 Å². The van der Waals surface area contributed by atoms with Crippen molar-refractivity contribution in [2.45, 2.75) is 58.7 Å². The molecule has 0 fully saturated rings. The lowest BCUT2D eigenvalue weighted by atomic mass is 9.91. The van der Waals surface area contributed by atoms with E-state index in [1.54, 1.807) is 0 Å². The zero-order valence-corrected chi connectivity index (χ0v) is 25.3. The van der Waals surface area contributed by atoms with Gasteiger partial charge in [-0.15, -0.1) is 0 Å². The Bertz CT molecular complexity index is 1470. The van der Waals surface area contributed by atoms with Gasteiger partial charge in [0.2, 0.25) is 12.3 Å². The second-order valence-corrected chi connectivity index (χ2v) is 11.4. The molecule has 3 rings (SSSR count). The lowest BCUT2D eigenvalue weighted by Crippen LogP contribution is -2.46. The standard InChI is InChI=1S/C29H28Cl2F7N3O4/c1-28(2,29(36,37)38)27(44)39-12-15-5-9-19(30)22(23(15)31)26(43)41-17-8-10-20(45-13-21(32)33)18(11-17)25(42)40-16-6-3-14(4-7-16)24(34)35/h5-6,8-11,14,21,24H,3-4,7,12-13H2,1-2H3,(H,39,44)(H,40,42)(H,41,43). The second-order valence-electron chi connectivity index (χ2n) is 10.6. The van der Waals surface area contributed by atoms with E-state index < -0.39 is 61.2 Å². The molecule has 0 saturated heterocycles. The molecular formula is C29H28Cl2F7N3O4. The summed E-state index contributed by atoms with van der Waals surface area (Å²) in [5, 5.41) is 6.73. The molecule has 7 nitrogen and oxygen atoms in total. The molecule has 0 aliphatic heterocycles. The van der Waals surface area contributed by atoms with Crippen LogP contribution >= 0.6 is 23.2 Å². The lowest BCUT2D eigenvalue weighted by Gasteiger charge is -2.26. The van der Waals surface area contributed by atoms with Gasteiger partial charge < -0.3 is 20.7 Å². The maximum atomic E-state index is 13.2. The van der Waals surface area contributed by atoms with Crippen LogP contribution < -0.4 is 20.7 Å². The summed E-state index contributed by atoms with van der Waals surface area (Å²) in [7, 11) is 0. The molecule has 2 aromatic rings. The number of nitrogens with one attached hydrogen (secondary N) is 3. The lowest BCUT2D eigenvalue weighted by molar-refractivity contribution is -0.211. The van der Waals surface area contributed by atoms with Crippen LogP contribution in [0.25, 0.3) is 0 Å². The van der Waals surface area contributed by atoms with E-state index in [4.69, 9.17) is 27.9 Å². The number of ether oxygens (including phenoxy) is 1. The van der Waals surface area contributed by atoms with Gasteiger partial charge in [-0.1, -0.05) is 35.3 Å². The predicted octanol–water partition coefficient (Wildman–Crippen LogP) is 7.77. The Hall–Kier alpha value is -3.52.